The fraction of sp³-hybridized carbons (Fsp3) is 0.250. The minimum atomic E-state index is -0.855. The van der Waals surface area contributed by atoms with Crippen molar-refractivity contribution in [3.8, 4) is 11.5 Å². The third-order valence-corrected chi connectivity index (χ3v) is 5.58. The summed E-state index contributed by atoms with van der Waals surface area (Å²) in [5.41, 5.74) is 5.22. The average molecular weight is 444 g/mol. The van der Waals surface area contributed by atoms with E-state index in [2.05, 4.69) is 4.99 Å². The zero-order chi connectivity index (χ0) is 23.2. The Bertz CT molecular complexity index is 1150. The Labute approximate surface area is 195 Å². The summed E-state index contributed by atoms with van der Waals surface area (Å²) < 4.78 is 17.4. The standard InChI is InChI=1S/C28H29NO4/c1-19-11-13-22(14-12-19)28(30)24-17-27(33-18-21-8-5-4-6-9-21)26(31-3)16-23(24)25-10-7-15-32-20(2)29-25/h4-6,8-14,16-17,28,30H,7,15,18H2,1-3H3. The third kappa shape index (κ3) is 5.44. The molecular formula is C28H29NO4. The number of benzene rings is 3. The normalized spacial score (nSPS) is 14.4. The van der Waals surface area contributed by atoms with Crippen LogP contribution in [-0.4, -0.2) is 24.7 Å². The molecule has 5 heteroatoms. The first-order valence-electron chi connectivity index (χ1n) is 11.1. The van der Waals surface area contributed by atoms with E-state index in [1.807, 2.05) is 86.7 Å². The summed E-state index contributed by atoms with van der Waals surface area (Å²) in [6.45, 7) is 4.83. The predicted molar refractivity (Wildman–Crippen MR) is 131 cm³/mol. The molecule has 1 aliphatic heterocycles. The number of aliphatic imine (C=N–C) groups is 1. The highest BCUT2D eigenvalue weighted by atomic mass is 16.5. The first-order chi connectivity index (χ1) is 16.0. The van der Waals surface area contributed by atoms with Crippen molar-refractivity contribution < 1.29 is 19.3 Å². The van der Waals surface area contributed by atoms with Gasteiger partial charge in [-0.15, -0.1) is 0 Å². The minimum Gasteiger partial charge on any atom is -0.493 e. The van der Waals surface area contributed by atoms with Crippen molar-refractivity contribution in [3.63, 3.8) is 0 Å². The molecule has 0 aliphatic carbocycles. The summed E-state index contributed by atoms with van der Waals surface area (Å²) in [5, 5.41) is 11.4. The predicted octanol–water partition coefficient (Wildman–Crippen LogP) is 5.84. The van der Waals surface area contributed by atoms with Gasteiger partial charge >= 0.3 is 0 Å². The van der Waals surface area contributed by atoms with Crippen LogP contribution in [0.15, 0.2) is 77.8 Å². The van der Waals surface area contributed by atoms with Crippen molar-refractivity contribution in [2.75, 3.05) is 13.7 Å². The van der Waals surface area contributed by atoms with Gasteiger partial charge in [-0.2, -0.15) is 0 Å². The molecule has 1 N–H and O–H groups in total. The van der Waals surface area contributed by atoms with E-state index in [0.29, 0.717) is 36.2 Å². The smallest absolute Gasteiger partial charge is 0.185 e. The molecule has 1 heterocycles. The van der Waals surface area contributed by atoms with Gasteiger partial charge in [0.15, 0.2) is 17.4 Å². The second-order valence-electron chi connectivity index (χ2n) is 8.04. The van der Waals surface area contributed by atoms with Gasteiger partial charge in [0.2, 0.25) is 0 Å². The summed E-state index contributed by atoms with van der Waals surface area (Å²) in [5.74, 6) is 1.75. The van der Waals surface area contributed by atoms with E-state index in [-0.39, 0.29) is 0 Å². The maximum atomic E-state index is 11.4. The van der Waals surface area contributed by atoms with E-state index in [9.17, 15) is 5.11 Å². The van der Waals surface area contributed by atoms with Crippen LogP contribution in [0.2, 0.25) is 0 Å². The van der Waals surface area contributed by atoms with E-state index in [1.165, 1.54) is 0 Å². The van der Waals surface area contributed by atoms with Crippen molar-refractivity contribution in [2.24, 2.45) is 4.99 Å². The van der Waals surface area contributed by atoms with Crippen LogP contribution in [0, 0.1) is 6.92 Å². The Morgan fingerprint density at radius 2 is 1.76 bits per heavy atom. The first-order valence-corrected chi connectivity index (χ1v) is 11.1. The molecule has 3 aromatic rings. The Hall–Kier alpha value is -3.57. The summed E-state index contributed by atoms with van der Waals surface area (Å²) in [7, 11) is 1.61. The van der Waals surface area contributed by atoms with Gasteiger partial charge in [0.1, 0.15) is 12.7 Å². The number of nitrogens with zero attached hydrogens (tertiary/aromatic N) is 1. The maximum absolute atomic E-state index is 11.4. The maximum Gasteiger partial charge on any atom is 0.185 e. The molecule has 170 valence electrons. The van der Waals surface area contributed by atoms with E-state index in [0.717, 1.165) is 34.4 Å². The second kappa shape index (κ2) is 10.4. The largest absolute Gasteiger partial charge is 0.493 e. The number of aliphatic hydroxyl groups is 1. The molecule has 0 amide bonds. The van der Waals surface area contributed by atoms with Crippen molar-refractivity contribution in [1.29, 1.82) is 0 Å². The molecule has 0 spiro atoms. The van der Waals surface area contributed by atoms with Crippen LogP contribution in [0.25, 0.3) is 5.70 Å². The minimum absolute atomic E-state index is 0.393. The fourth-order valence-corrected chi connectivity index (χ4v) is 3.78. The molecule has 1 aliphatic rings. The zero-order valence-electron chi connectivity index (χ0n) is 19.2. The van der Waals surface area contributed by atoms with Gasteiger partial charge < -0.3 is 19.3 Å². The van der Waals surface area contributed by atoms with E-state index in [4.69, 9.17) is 14.2 Å². The Morgan fingerprint density at radius 3 is 2.48 bits per heavy atom. The lowest BCUT2D eigenvalue weighted by atomic mass is 9.93. The molecular weight excluding hydrogens is 414 g/mol. The molecule has 1 unspecified atom stereocenters. The number of aryl methyl sites for hydroxylation is 1. The lowest BCUT2D eigenvalue weighted by molar-refractivity contribution is 0.218. The highest BCUT2D eigenvalue weighted by molar-refractivity contribution is 5.84. The number of hydrogen-bond donors (Lipinski definition) is 1. The van der Waals surface area contributed by atoms with Crippen LogP contribution in [0.5, 0.6) is 11.5 Å². The molecule has 0 saturated carbocycles. The van der Waals surface area contributed by atoms with Crippen LogP contribution >= 0.6 is 0 Å². The van der Waals surface area contributed by atoms with Gasteiger partial charge in [-0.05, 0) is 35.7 Å². The van der Waals surface area contributed by atoms with Gasteiger partial charge in [-0.3, -0.25) is 0 Å². The van der Waals surface area contributed by atoms with E-state index in [1.54, 1.807) is 7.11 Å². The van der Waals surface area contributed by atoms with Crippen molar-refractivity contribution >= 4 is 11.6 Å². The number of aliphatic hydroxyl groups excluding tert-OH is 1. The molecule has 3 aromatic carbocycles. The summed E-state index contributed by atoms with van der Waals surface area (Å²) in [6.07, 6.45) is 1.90. The van der Waals surface area contributed by atoms with Gasteiger partial charge in [0.05, 0.1) is 19.4 Å². The number of methoxy groups -OCH3 is 1. The van der Waals surface area contributed by atoms with Crippen molar-refractivity contribution in [3.05, 3.63) is 101 Å². The fourth-order valence-electron chi connectivity index (χ4n) is 3.78. The molecule has 33 heavy (non-hydrogen) atoms. The lowest BCUT2D eigenvalue weighted by Crippen LogP contribution is -2.07. The average Bonchev–Trinajstić information content (AvgIpc) is 3.07. The van der Waals surface area contributed by atoms with E-state index >= 15 is 0 Å². The second-order valence-corrected chi connectivity index (χ2v) is 8.04. The SMILES string of the molecule is COc1cc(C2=CCCOC(C)=N2)c(C(O)c2ccc(C)cc2)cc1OCc1ccccc1. The molecule has 5 nitrogen and oxygen atoms in total. The quantitative estimate of drug-likeness (QED) is 0.498. The molecule has 4 rings (SSSR count). The number of rotatable bonds is 7. The summed E-state index contributed by atoms with van der Waals surface area (Å²) in [4.78, 5) is 4.64. The Kier molecular flexibility index (Phi) is 7.10. The summed E-state index contributed by atoms with van der Waals surface area (Å²) >= 11 is 0. The van der Waals surface area contributed by atoms with Crippen LogP contribution in [0.4, 0.5) is 0 Å². The highest BCUT2D eigenvalue weighted by Gasteiger charge is 2.22. The zero-order valence-corrected chi connectivity index (χ0v) is 19.2. The monoisotopic (exact) mass is 443 g/mol. The van der Waals surface area contributed by atoms with Crippen LogP contribution in [0.3, 0.4) is 0 Å². The van der Waals surface area contributed by atoms with E-state index < -0.39 is 6.10 Å². The van der Waals surface area contributed by atoms with Crippen molar-refractivity contribution in [2.45, 2.75) is 33.0 Å². The van der Waals surface area contributed by atoms with Gasteiger partial charge in [-0.1, -0.05) is 66.2 Å². The molecule has 0 bridgehead atoms. The Morgan fingerprint density at radius 1 is 1.00 bits per heavy atom. The molecule has 0 aromatic heterocycles. The van der Waals surface area contributed by atoms with Gasteiger partial charge in [-0.25, -0.2) is 4.99 Å². The summed E-state index contributed by atoms with van der Waals surface area (Å²) in [6, 6.07) is 21.6. The highest BCUT2D eigenvalue weighted by Crippen LogP contribution is 2.39. The van der Waals surface area contributed by atoms with Gasteiger partial charge in [0.25, 0.3) is 0 Å². The molecule has 1 atom stereocenters. The van der Waals surface area contributed by atoms with Crippen LogP contribution in [0.1, 0.15) is 47.3 Å². The van der Waals surface area contributed by atoms with Crippen molar-refractivity contribution in [1.82, 2.24) is 0 Å². The third-order valence-electron chi connectivity index (χ3n) is 5.58. The van der Waals surface area contributed by atoms with Crippen LogP contribution < -0.4 is 9.47 Å². The first kappa shape index (κ1) is 22.6. The lowest BCUT2D eigenvalue weighted by Gasteiger charge is -2.20. The molecule has 0 fully saturated rings. The Balaban J connectivity index is 1.79. The molecule has 0 radical (unpaired) electrons. The molecule has 0 saturated heterocycles. The van der Waals surface area contributed by atoms with Gasteiger partial charge in [0, 0.05) is 18.9 Å². The van der Waals surface area contributed by atoms with Crippen LogP contribution in [-0.2, 0) is 11.3 Å². The topological polar surface area (TPSA) is 60.3 Å². The number of ether oxygens (including phenoxy) is 3. The number of hydrogen-bond acceptors (Lipinski definition) is 5.